The van der Waals surface area contributed by atoms with Gasteiger partial charge in [-0.15, -0.1) is 0 Å². The molecule has 1 heterocycles. The highest BCUT2D eigenvalue weighted by molar-refractivity contribution is 5.59. The Morgan fingerprint density at radius 1 is 1.12 bits per heavy atom. The van der Waals surface area contributed by atoms with Crippen LogP contribution in [0.1, 0.15) is 12.7 Å². The third-order valence-electron chi connectivity index (χ3n) is 2.24. The smallest absolute Gasteiger partial charge is 0.125 e. The molecule has 0 atom stereocenters. The Balaban J connectivity index is 2.27. The maximum atomic E-state index is 5.39. The van der Waals surface area contributed by atoms with E-state index in [1.54, 1.807) is 6.20 Å². The van der Waals surface area contributed by atoms with Crippen LogP contribution in [0.3, 0.4) is 0 Å². The third-order valence-corrected chi connectivity index (χ3v) is 2.24. The SMILES string of the molecule is CCOc1ccc(-c2ccnc(C)n2)cc1. The first-order valence-electron chi connectivity index (χ1n) is 5.32. The Hall–Kier alpha value is -1.90. The summed E-state index contributed by atoms with van der Waals surface area (Å²) in [6.07, 6.45) is 1.77. The predicted octanol–water partition coefficient (Wildman–Crippen LogP) is 2.85. The van der Waals surface area contributed by atoms with Gasteiger partial charge in [0, 0.05) is 11.8 Å². The summed E-state index contributed by atoms with van der Waals surface area (Å²) in [6, 6.07) is 9.83. The number of aryl methyl sites for hydroxylation is 1. The molecule has 0 unspecified atom stereocenters. The van der Waals surface area contributed by atoms with Crippen LogP contribution >= 0.6 is 0 Å². The lowest BCUT2D eigenvalue weighted by molar-refractivity contribution is 0.340. The lowest BCUT2D eigenvalue weighted by Crippen LogP contribution is -1.92. The highest BCUT2D eigenvalue weighted by Crippen LogP contribution is 2.20. The molecule has 2 rings (SSSR count). The van der Waals surface area contributed by atoms with Gasteiger partial charge in [0.25, 0.3) is 0 Å². The average Bonchev–Trinajstić information content (AvgIpc) is 2.30. The molecule has 16 heavy (non-hydrogen) atoms. The number of nitrogens with zero attached hydrogens (tertiary/aromatic N) is 2. The van der Waals surface area contributed by atoms with Gasteiger partial charge in [-0.3, -0.25) is 0 Å². The lowest BCUT2D eigenvalue weighted by Gasteiger charge is -2.04. The Morgan fingerprint density at radius 2 is 1.88 bits per heavy atom. The van der Waals surface area contributed by atoms with Crippen molar-refractivity contribution < 1.29 is 4.74 Å². The minimum atomic E-state index is 0.686. The van der Waals surface area contributed by atoms with Gasteiger partial charge in [-0.1, -0.05) is 0 Å². The quantitative estimate of drug-likeness (QED) is 0.788. The standard InChI is InChI=1S/C13H14N2O/c1-3-16-12-6-4-11(5-7-12)13-8-9-14-10(2)15-13/h4-9H,3H2,1-2H3. The second-order valence-corrected chi connectivity index (χ2v) is 3.45. The van der Waals surface area contributed by atoms with E-state index in [0.717, 1.165) is 22.8 Å². The van der Waals surface area contributed by atoms with Crippen LogP contribution in [0, 0.1) is 6.92 Å². The molecule has 0 spiro atoms. The first-order chi connectivity index (χ1) is 7.79. The molecule has 82 valence electrons. The van der Waals surface area contributed by atoms with Gasteiger partial charge in [0.2, 0.25) is 0 Å². The highest BCUT2D eigenvalue weighted by Gasteiger charge is 2.00. The molecule has 0 N–H and O–H groups in total. The maximum Gasteiger partial charge on any atom is 0.125 e. The van der Waals surface area contributed by atoms with Crippen LogP contribution in [-0.2, 0) is 0 Å². The summed E-state index contributed by atoms with van der Waals surface area (Å²) >= 11 is 0. The third kappa shape index (κ3) is 2.37. The maximum absolute atomic E-state index is 5.39. The van der Waals surface area contributed by atoms with Crippen LogP contribution in [0.15, 0.2) is 36.5 Å². The molecule has 0 radical (unpaired) electrons. The van der Waals surface area contributed by atoms with Gasteiger partial charge in [0.05, 0.1) is 12.3 Å². The van der Waals surface area contributed by atoms with Crippen molar-refractivity contribution in [1.82, 2.24) is 9.97 Å². The second kappa shape index (κ2) is 4.75. The fraction of sp³-hybridized carbons (Fsp3) is 0.231. The van der Waals surface area contributed by atoms with Crippen molar-refractivity contribution in [3.8, 4) is 17.0 Å². The lowest BCUT2D eigenvalue weighted by atomic mass is 10.1. The monoisotopic (exact) mass is 214 g/mol. The predicted molar refractivity (Wildman–Crippen MR) is 63.4 cm³/mol. The highest BCUT2D eigenvalue weighted by atomic mass is 16.5. The minimum Gasteiger partial charge on any atom is -0.494 e. The van der Waals surface area contributed by atoms with Crippen LogP contribution in [0.5, 0.6) is 5.75 Å². The van der Waals surface area contributed by atoms with Crippen molar-refractivity contribution in [3.05, 3.63) is 42.4 Å². The second-order valence-electron chi connectivity index (χ2n) is 3.45. The Labute approximate surface area is 95.1 Å². The van der Waals surface area contributed by atoms with Crippen molar-refractivity contribution >= 4 is 0 Å². The van der Waals surface area contributed by atoms with E-state index in [4.69, 9.17) is 4.74 Å². The zero-order chi connectivity index (χ0) is 11.4. The summed E-state index contributed by atoms with van der Waals surface area (Å²) < 4.78 is 5.39. The summed E-state index contributed by atoms with van der Waals surface area (Å²) in [4.78, 5) is 8.44. The zero-order valence-electron chi connectivity index (χ0n) is 9.47. The van der Waals surface area contributed by atoms with E-state index in [9.17, 15) is 0 Å². The van der Waals surface area contributed by atoms with Gasteiger partial charge >= 0.3 is 0 Å². The van der Waals surface area contributed by atoms with Gasteiger partial charge in [0.1, 0.15) is 11.6 Å². The van der Waals surface area contributed by atoms with Gasteiger partial charge < -0.3 is 4.74 Å². The van der Waals surface area contributed by atoms with Gasteiger partial charge in [-0.05, 0) is 44.2 Å². The summed E-state index contributed by atoms with van der Waals surface area (Å²) in [5, 5.41) is 0. The van der Waals surface area contributed by atoms with Crippen molar-refractivity contribution in [1.29, 1.82) is 0 Å². The molecule has 0 amide bonds. The minimum absolute atomic E-state index is 0.686. The van der Waals surface area contributed by atoms with Crippen molar-refractivity contribution in [2.45, 2.75) is 13.8 Å². The number of ether oxygens (including phenoxy) is 1. The fourth-order valence-corrected chi connectivity index (χ4v) is 1.51. The fourth-order valence-electron chi connectivity index (χ4n) is 1.51. The van der Waals surface area contributed by atoms with E-state index < -0.39 is 0 Å². The largest absolute Gasteiger partial charge is 0.494 e. The molecule has 1 aromatic heterocycles. The van der Waals surface area contributed by atoms with Gasteiger partial charge in [0.15, 0.2) is 0 Å². The van der Waals surface area contributed by atoms with Crippen LogP contribution in [0.2, 0.25) is 0 Å². The van der Waals surface area contributed by atoms with Crippen molar-refractivity contribution in [2.75, 3.05) is 6.61 Å². The molecule has 0 saturated carbocycles. The summed E-state index contributed by atoms with van der Waals surface area (Å²) in [5.74, 6) is 1.67. The zero-order valence-corrected chi connectivity index (χ0v) is 9.47. The van der Waals surface area contributed by atoms with E-state index in [1.807, 2.05) is 44.2 Å². The molecule has 0 aliphatic carbocycles. The number of benzene rings is 1. The molecular weight excluding hydrogens is 200 g/mol. The van der Waals surface area contributed by atoms with Gasteiger partial charge in [-0.25, -0.2) is 9.97 Å². The van der Waals surface area contributed by atoms with Crippen molar-refractivity contribution in [3.63, 3.8) is 0 Å². The molecule has 0 aliphatic rings. The molecule has 2 aromatic rings. The summed E-state index contributed by atoms with van der Waals surface area (Å²) in [6.45, 7) is 4.55. The average molecular weight is 214 g/mol. The Bertz CT molecular complexity index is 466. The van der Waals surface area contributed by atoms with E-state index >= 15 is 0 Å². The molecular formula is C13H14N2O. The number of rotatable bonds is 3. The van der Waals surface area contributed by atoms with Crippen LogP contribution in [-0.4, -0.2) is 16.6 Å². The van der Waals surface area contributed by atoms with Crippen LogP contribution in [0.25, 0.3) is 11.3 Å². The first-order valence-corrected chi connectivity index (χ1v) is 5.32. The van der Waals surface area contributed by atoms with Crippen LogP contribution in [0.4, 0.5) is 0 Å². The van der Waals surface area contributed by atoms with Crippen molar-refractivity contribution in [2.24, 2.45) is 0 Å². The summed E-state index contributed by atoms with van der Waals surface area (Å²) in [5.41, 5.74) is 2.02. The van der Waals surface area contributed by atoms with Gasteiger partial charge in [-0.2, -0.15) is 0 Å². The molecule has 0 saturated heterocycles. The topological polar surface area (TPSA) is 35.0 Å². The number of aromatic nitrogens is 2. The molecule has 3 nitrogen and oxygen atoms in total. The van der Waals surface area contributed by atoms with Crippen LogP contribution < -0.4 is 4.74 Å². The van der Waals surface area contributed by atoms with E-state index in [1.165, 1.54) is 0 Å². The molecule has 3 heteroatoms. The number of hydrogen-bond acceptors (Lipinski definition) is 3. The van der Waals surface area contributed by atoms with E-state index in [-0.39, 0.29) is 0 Å². The van der Waals surface area contributed by atoms with E-state index in [0.29, 0.717) is 6.61 Å². The van der Waals surface area contributed by atoms with E-state index in [2.05, 4.69) is 9.97 Å². The molecule has 0 aliphatic heterocycles. The molecule has 0 bridgehead atoms. The summed E-state index contributed by atoms with van der Waals surface area (Å²) in [7, 11) is 0. The molecule has 1 aromatic carbocycles. The normalized spacial score (nSPS) is 10.1. The number of hydrogen-bond donors (Lipinski definition) is 0. The first kappa shape index (κ1) is 10.6. The molecule has 0 fully saturated rings. The Kier molecular flexibility index (Phi) is 3.15. The Morgan fingerprint density at radius 3 is 2.50 bits per heavy atom.